The maximum absolute atomic E-state index is 11.7. The molecule has 0 saturated carbocycles. The van der Waals surface area contributed by atoms with E-state index in [9.17, 15) is 14.9 Å². The van der Waals surface area contributed by atoms with Crippen LogP contribution in [0.4, 0.5) is 5.69 Å². The van der Waals surface area contributed by atoms with E-state index < -0.39 is 10.9 Å². The average Bonchev–Trinajstić information content (AvgIpc) is 2.53. The van der Waals surface area contributed by atoms with Crippen molar-refractivity contribution in [2.75, 3.05) is 7.11 Å². The summed E-state index contributed by atoms with van der Waals surface area (Å²) in [6.07, 6.45) is 0. The van der Waals surface area contributed by atoms with Gasteiger partial charge in [-0.25, -0.2) is 4.79 Å². The molecule has 0 bridgehead atoms. The number of halogens is 1. The minimum atomic E-state index is -0.576. The van der Waals surface area contributed by atoms with Crippen molar-refractivity contribution in [3.05, 3.63) is 68.7 Å². The third kappa shape index (κ3) is 3.53. The Morgan fingerprint density at radius 3 is 2.68 bits per heavy atom. The summed E-state index contributed by atoms with van der Waals surface area (Å²) in [7, 11) is 1.28. The van der Waals surface area contributed by atoms with E-state index in [4.69, 9.17) is 16.3 Å². The quantitative estimate of drug-likeness (QED) is 0.477. The highest BCUT2D eigenvalue weighted by Gasteiger charge is 2.17. The first-order valence-corrected chi connectivity index (χ1v) is 6.63. The summed E-state index contributed by atoms with van der Waals surface area (Å²) < 4.78 is 10.2. The molecular formula is C15H12ClNO5. The smallest absolute Gasteiger partial charge is 0.338 e. The van der Waals surface area contributed by atoms with Crippen molar-refractivity contribution in [2.24, 2.45) is 0 Å². The molecule has 6 nitrogen and oxygen atoms in total. The second kappa shape index (κ2) is 6.91. The van der Waals surface area contributed by atoms with Crippen molar-refractivity contribution in [3.8, 4) is 5.75 Å². The number of hydrogen-bond donors (Lipinski definition) is 0. The van der Waals surface area contributed by atoms with Crippen LogP contribution in [0.15, 0.2) is 42.5 Å². The Hall–Kier alpha value is -2.60. The lowest BCUT2D eigenvalue weighted by Crippen LogP contribution is -2.08. The number of benzene rings is 2. The molecule has 2 rings (SSSR count). The highest BCUT2D eigenvalue weighted by Crippen LogP contribution is 2.30. The maximum Gasteiger partial charge on any atom is 0.338 e. The van der Waals surface area contributed by atoms with E-state index in [0.29, 0.717) is 11.1 Å². The van der Waals surface area contributed by atoms with Crippen molar-refractivity contribution < 1.29 is 19.2 Å². The predicted octanol–water partition coefficient (Wildman–Crippen LogP) is 3.61. The fourth-order valence-corrected chi connectivity index (χ4v) is 2.03. The molecule has 0 unspecified atom stereocenters. The molecule has 0 atom stereocenters. The molecule has 2 aromatic rings. The van der Waals surface area contributed by atoms with Gasteiger partial charge in [0.15, 0.2) is 5.75 Å². The van der Waals surface area contributed by atoms with Gasteiger partial charge < -0.3 is 9.47 Å². The zero-order valence-corrected chi connectivity index (χ0v) is 12.4. The minimum absolute atomic E-state index is 0.00620. The van der Waals surface area contributed by atoms with E-state index in [1.807, 2.05) is 0 Å². The van der Waals surface area contributed by atoms with Crippen molar-refractivity contribution in [3.63, 3.8) is 0 Å². The van der Waals surface area contributed by atoms with Crippen LogP contribution < -0.4 is 4.74 Å². The van der Waals surface area contributed by atoms with Gasteiger partial charge in [-0.1, -0.05) is 29.8 Å². The first-order chi connectivity index (χ1) is 10.5. The predicted molar refractivity (Wildman–Crippen MR) is 80.2 cm³/mol. The van der Waals surface area contributed by atoms with Crippen LogP contribution in [0.5, 0.6) is 5.75 Å². The number of nitro groups is 1. The molecule has 0 fully saturated rings. The van der Waals surface area contributed by atoms with Crippen LogP contribution in [0.25, 0.3) is 0 Å². The molecule has 2 aromatic carbocycles. The minimum Gasteiger partial charge on any atom is -0.482 e. The van der Waals surface area contributed by atoms with E-state index in [1.165, 1.54) is 25.3 Å². The fourth-order valence-electron chi connectivity index (χ4n) is 1.87. The summed E-state index contributed by atoms with van der Waals surface area (Å²) in [6, 6.07) is 10.8. The lowest BCUT2D eigenvalue weighted by atomic mass is 10.1. The van der Waals surface area contributed by atoms with Gasteiger partial charge >= 0.3 is 11.7 Å². The van der Waals surface area contributed by atoms with Crippen LogP contribution >= 0.6 is 11.6 Å². The number of hydrogen-bond acceptors (Lipinski definition) is 5. The summed E-state index contributed by atoms with van der Waals surface area (Å²) in [5.41, 5.74) is 0.684. The highest BCUT2D eigenvalue weighted by molar-refractivity contribution is 6.30. The van der Waals surface area contributed by atoms with Crippen molar-refractivity contribution in [2.45, 2.75) is 6.61 Å². The molecule has 0 heterocycles. The zero-order chi connectivity index (χ0) is 16.1. The van der Waals surface area contributed by atoms with Crippen molar-refractivity contribution in [1.29, 1.82) is 0 Å². The van der Waals surface area contributed by atoms with Crippen molar-refractivity contribution >= 4 is 23.3 Å². The standard InChI is InChI=1S/C15H12ClNO5/c1-21-15(18)12-5-3-2-4-10(12)9-22-14-7-6-11(16)8-13(14)17(19)20/h2-8H,9H2,1H3. The SMILES string of the molecule is COC(=O)c1ccccc1COc1ccc(Cl)cc1[N+](=O)[O-]. The Morgan fingerprint density at radius 1 is 1.27 bits per heavy atom. The molecule has 0 aliphatic carbocycles. The molecule has 0 aliphatic heterocycles. The van der Waals surface area contributed by atoms with Crippen LogP contribution in [-0.2, 0) is 11.3 Å². The first kappa shape index (κ1) is 15.8. The third-order valence-electron chi connectivity index (χ3n) is 2.92. The molecule has 0 aliphatic rings. The lowest BCUT2D eigenvalue weighted by molar-refractivity contribution is -0.385. The Kier molecular flexibility index (Phi) is 4.95. The summed E-state index contributed by atoms with van der Waals surface area (Å²) >= 11 is 5.74. The van der Waals surface area contributed by atoms with Crippen LogP contribution in [0.1, 0.15) is 15.9 Å². The number of ether oxygens (including phenoxy) is 2. The summed E-state index contributed by atoms with van der Waals surface area (Å²) in [5, 5.41) is 11.2. The van der Waals surface area contributed by atoms with Gasteiger partial charge in [0.25, 0.3) is 0 Å². The third-order valence-corrected chi connectivity index (χ3v) is 3.16. The highest BCUT2D eigenvalue weighted by atomic mass is 35.5. The molecule has 22 heavy (non-hydrogen) atoms. The van der Waals surface area contributed by atoms with Gasteiger partial charge in [0.05, 0.1) is 17.6 Å². The van der Waals surface area contributed by atoms with Gasteiger partial charge in [-0.05, 0) is 18.2 Å². The number of methoxy groups -OCH3 is 1. The van der Waals surface area contributed by atoms with Crippen LogP contribution in [0.3, 0.4) is 0 Å². The molecule has 0 saturated heterocycles. The number of rotatable bonds is 5. The van der Waals surface area contributed by atoms with Gasteiger partial charge in [-0.2, -0.15) is 0 Å². The fraction of sp³-hybridized carbons (Fsp3) is 0.133. The van der Waals surface area contributed by atoms with Gasteiger partial charge in [0, 0.05) is 16.7 Å². The van der Waals surface area contributed by atoms with E-state index in [0.717, 1.165) is 0 Å². The lowest BCUT2D eigenvalue weighted by Gasteiger charge is -2.10. The zero-order valence-electron chi connectivity index (χ0n) is 11.6. The Morgan fingerprint density at radius 2 is 2.00 bits per heavy atom. The van der Waals surface area contributed by atoms with E-state index in [-0.39, 0.29) is 23.1 Å². The van der Waals surface area contributed by atoms with Crippen LogP contribution in [0.2, 0.25) is 5.02 Å². The van der Waals surface area contributed by atoms with E-state index in [2.05, 4.69) is 4.74 Å². The Bertz CT molecular complexity index is 717. The molecule has 0 radical (unpaired) electrons. The summed E-state index contributed by atoms with van der Waals surface area (Å²) in [4.78, 5) is 22.1. The second-order valence-electron chi connectivity index (χ2n) is 4.31. The molecular weight excluding hydrogens is 310 g/mol. The summed E-state index contributed by atoms with van der Waals surface area (Å²) in [5.74, 6) is -0.418. The van der Waals surface area contributed by atoms with Crippen molar-refractivity contribution in [1.82, 2.24) is 0 Å². The van der Waals surface area contributed by atoms with Crippen LogP contribution in [-0.4, -0.2) is 18.0 Å². The topological polar surface area (TPSA) is 78.7 Å². The molecule has 0 N–H and O–H groups in total. The molecule has 0 spiro atoms. The van der Waals surface area contributed by atoms with Gasteiger partial charge in [-0.3, -0.25) is 10.1 Å². The summed E-state index contributed by atoms with van der Waals surface area (Å²) in [6.45, 7) is -0.00620. The Balaban J connectivity index is 2.25. The number of nitrogens with zero attached hydrogens (tertiary/aromatic N) is 1. The monoisotopic (exact) mass is 321 g/mol. The Labute approximate surface area is 131 Å². The normalized spacial score (nSPS) is 10.1. The maximum atomic E-state index is 11.7. The number of esters is 1. The molecule has 0 amide bonds. The van der Waals surface area contributed by atoms with Gasteiger partial charge in [0.1, 0.15) is 6.61 Å². The van der Waals surface area contributed by atoms with E-state index >= 15 is 0 Å². The van der Waals surface area contributed by atoms with Crippen LogP contribution in [0, 0.1) is 10.1 Å². The number of carbonyl (C=O) groups excluding carboxylic acids is 1. The number of nitro benzene ring substituents is 1. The average molecular weight is 322 g/mol. The van der Waals surface area contributed by atoms with E-state index in [1.54, 1.807) is 24.3 Å². The van der Waals surface area contributed by atoms with Gasteiger partial charge in [0.2, 0.25) is 0 Å². The molecule has 7 heteroatoms. The second-order valence-corrected chi connectivity index (χ2v) is 4.74. The largest absolute Gasteiger partial charge is 0.482 e. The first-order valence-electron chi connectivity index (χ1n) is 6.26. The molecule has 114 valence electrons. The molecule has 0 aromatic heterocycles. The van der Waals surface area contributed by atoms with Gasteiger partial charge in [-0.15, -0.1) is 0 Å². The number of carbonyl (C=O) groups is 1.